The van der Waals surface area contributed by atoms with Crippen molar-refractivity contribution in [2.24, 2.45) is 5.92 Å². The minimum Gasteiger partial charge on any atom is -0.407 e. The molecule has 2 rings (SSSR count). The second-order valence-corrected chi connectivity index (χ2v) is 11.9. The number of benzene rings is 2. The lowest BCUT2D eigenvalue weighted by Gasteiger charge is -2.43. The summed E-state index contributed by atoms with van der Waals surface area (Å²) in [6.45, 7) is 9.81. The Morgan fingerprint density at radius 2 is 1.38 bits per heavy atom. The predicted octanol–water partition coefficient (Wildman–Crippen LogP) is 3.58. The van der Waals surface area contributed by atoms with E-state index in [0.29, 0.717) is 6.61 Å². The Kier molecular flexibility index (Phi) is 6.38. The molecular weight excluding hydrogens is 312 g/mol. The molecule has 2 aromatic carbocycles. The van der Waals surface area contributed by atoms with Crippen LogP contribution in [0.1, 0.15) is 34.1 Å². The minimum absolute atomic E-state index is 0.0121. The molecule has 1 atom stereocenters. The summed E-state index contributed by atoms with van der Waals surface area (Å²) in [5.74, 6) is 0.267. The highest BCUT2D eigenvalue weighted by atomic mass is 28.4. The van der Waals surface area contributed by atoms with Crippen LogP contribution in [-0.2, 0) is 4.43 Å². The zero-order valence-corrected chi connectivity index (χ0v) is 16.3. The van der Waals surface area contributed by atoms with Gasteiger partial charge in [-0.15, -0.1) is 0 Å². The van der Waals surface area contributed by atoms with E-state index >= 15 is 0 Å². The molecule has 0 radical (unpaired) electrons. The van der Waals surface area contributed by atoms with Gasteiger partial charge in [0.1, 0.15) is 0 Å². The first-order valence-corrected chi connectivity index (χ1v) is 10.7. The second kappa shape index (κ2) is 8.10. The van der Waals surface area contributed by atoms with Crippen molar-refractivity contribution in [1.82, 2.24) is 0 Å². The summed E-state index contributed by atoms with van der Waals surface area (Å²) in [5, 5.41) is 11.9. The normalized spacial score (nSPS) is 13.7. The zero-order chi connectivity index (χ0) is 17.6. The smallest absolute Gasteiger partial charge is 0.261 e. The molecule has 0 aliphatic heterocycles. The van der Waals surface area contributed by atoms with Gasteiger partial charge < -0.3 is 9.53 Å². The molecule has 0 bridgehead atoms. The predicted molar refractivity (Wildman–Crippen MR) is 104 cm³/mol. The summed E-state index contributed by atoms with van der Waals surface area (Å²) >= 11 is 0. The molecule has 0 aliphatic carbocycles. The fourth-order valence-electron chi connectivity index (χ4n) is 3.27. The van der Waals surface area contributed by atoms with E-state index in [0.717, 1.165) is 6.42 Å². The molecule has 0 amide bonds. The van der Waals surface area contributed by atoms with E-state index in [-0.39, 0.29) is 17.6 Å². The van der Waals surface area contributed by atoms with E-state index in [2.05, 4.69) is 88.4 Å². The molecule has 1 unspecified atom stereocenters. The van der Waals surface area contributed by atoms with Crippen molar-refractivity contribution in [3.05, 3.63) is 60.7 Å². The molecule has 3 heteroatoms. The molecule has 130 valence electrons. The molecule has 0 saturated carbocycles. The highest BCUT2D eigenvalue weighted by Gasteiger charge is 2.49. The van der Waals surface area contributed by atoms with E-state index in [9.17, 15) is 5.11 Å². The Labute approximate surface area is 147 Å². The maximum Gasteiger partial charge on any atom is 0.261 e. The average molecular weight is 343 g/mol. The molecule has 2 nitrogen and oxygen atoms in total. The summed E-state index contributed by atoms with van der Waals surface area (Å²) in [6.07, 6.45) is 0.876. The van der Waals surface area contributed by atoms with Crippen LogP contribution in [0.3, 0.4) is 0 Å². The number of aliphatic hydroxyl groups excluding tert-OH is 1. The van der Waals surface area contributed by atoms with Gasteiger partial charge in [-0.25, -0.2) is 0 Å². The number of aliphatic hydroxyl groups is 1. The number of rotatable bonds is 7. The fraction of sp³-hybridized carbons (Fsp3) is 0.429. The quantitative estimate of drug-likeness (QED) is 0.779. The monoisotopic (exact) mass is 342 g/mol. The highest BCUT2D eigenvalue weighted by Crippen LogP contribution is 2.36. The van der Waals surface area contributed by atoms with E-state index in [1.807, 2.05) is 0 Å². The molecule has 0 saturated heterocycles. The van der Waals surface area contributed by atoms with Crippen LogP contribution >= 0.6 is 0 Å². The Morgan fingerprint density at radius 1 is 0.917 bits per heavy atom. The summed E-state index contributed by atoms with van der Waals surface area (Å²) in [6, 6.07) is 21.4. The van der Waals surface area contributed by atoms with Gasteiger partial charge in [-0.05, 0) is 27.8 Å². The van der Waals surface area contributed by atoms with Crippen LogP contribution < -0.4 is 10.4 Å². The lowest BCUT2D eigenvalue weighted by Crippen LogP contribution is -2.66. The van der Waals surface area contributed by atoms with Crippen molar-refractivity contribution in [3.8, 4) is 0 Å². The highest BCUT2D eigenvalue weighted by molar-refractivity contribution is 6.99. The van der Waals surface area contributed by atoms with Crippen molar-refractivity contribution < 1.29 is 9.53 Å². The van der Waals surface area contributed by atoms with Gasteiger partial charge in [0.05, 0.1) is 0 Å². The van der Waals surface area contributed by atoms with Crippen molar-refractivity contribution in [1.29, 1.82) is 0 Å². The summed E-state index contributed by atoms with van der Waals surface area (Å²) in [4.78, 5) is 0. The van der Waals surface area contributed by atoms with Crippen molar-refractivity contribution in [2.75, 3.05) is 13.2 Å². The van der Waals surface area contributed by atoms with Gasteiger partial charge in [0.2, 0.25) is 0 Å². The molecule has 0 spiro atoms. The number of hydrogen-bond acceptors (Lipinski definition) is 2. The van der Waals surface area contributed by atoms with Gasteiger partial charge in [-0.3, -0.25) is 0 Å². The van der Waals surface area contributed by atoms with Gasteiger partial charge in [0.15, 0.2) is 0 Å². The Hall–Kier alpha value is -1.42. The zero-order valence-electron chi connectivity index (χ0n) is 15.3. The molecule has 0 aliphatic rings. The van der Waals surface area contributed by atoms with Gasteiger partial charge in [0.25, 0.3) is 8.32 Å². The SMILES string of the molecule is CC(CO)CCO[Si](c1ccccc1)(c1ccccc1)C(C)(C)C. The lowest BCUT2D eigenvalue weighted by atomic mass is 10.1. The van der Waals surface area contributed by atoms with Crippen LogP contribution in [0, 0.1) is 5.92 Å². The molecule has 0 aromatic heterocycles. The largest absolute Gasteiger partial charge is 0.407 e. The second-order valence-electron chi connectivity index (χ2n) is 7.59. The molecule has 24 heavy (non-hydrogen) atoms. The summed E-state index contributed by atoms with van der Waals surface area (Å²) < 4.78 is 6.77. The van der Waals surface area contributed by atoms with E-state index in [1.165, 1.54) is 10.4 Å². The Bertz CT molecular complexity index is 565. The van der Waals surface area contributed by atoms with Gasteiger partial charge >= 0.3 is 0 Å². The molecule has 0 fully saturated rings. The third-order valence-electron chi connectivity index (χ3n) is 4.66. The maximum atomic E-state index is 9.31. The van der Waals surface area contributed by atoms with Crippen LogP contribution in [0.25, 0.3) is 0 Å². The van der Waals surface area contributed by atoms with Crippen LogP contribution in [-0.4, -0.2) is 26.6 Å². The standard InChI is InChI=1S/C21H30O2Si/c1-18(17-22)15-16-23-24(21(2,3)4,19-11-7-5-8-12-19)20-13-9-6-10-14-20/h5-14,18,22H,15-17H2,1-4H3. The van der Waals surface area contributed by atoms with Gasteiger partial charge in [-0.1, -0.05) is 88.4 Å². The lowest BCUT2D eigenvalue weighted by molar-refractivity contribution is 0.198. The number of hydrogen-bond donors (Lipinski definition) is 1. The van der Waals surface area contributed by atoms with Crippen molar-refractivity contribution >= 4 is 18.7 Å². The van der Waals surface area contributed by atoms with E-state index < -0.39 is 8.32 Å². The Morgan fingerprint density at radius 3 is 1.75 bits per heavy atom. The third-order valence-corrected chi connectivity index (χ3v) is 9.70. The van der Waals surface area contributed by atoms with Crippen molar-refractivity contribution in [3.63, 3.8) is 0 Å². The first kappa shape index (κ1) is 18.9. The van der Waals surface area contributed by atoms with Gasteiger partial charge in [0, 0.05) is 13.2 Å². The first-order valence-electron chi connectivity index (χ1n) is 8.77. The van der Waals surface area contributed by atoms with Gasteiger partial charge in [-0.2, -0.15) is 0 Å². The van der Waals surface area contributed by atoms with Crippen LogP contribution in [0.4, 0.5) is 0 Å². The molecule has 1 N–H and O–H groups in total. The van der Waals surface area contributed by atoms with E-state index in [4.69, 9.17) is 4.43 Å². The van der Waals surface area contributed by atoms with Crippen LogP contribution in [0.2, 0.25) is 5.04 Å². The maximum absolute atomic E-state index is 9.31. The fourth-order valence-corrected chi connectivity index (χ4v) is 7.85. The van der Waals surface area contributed by atoms with Crippen molar-refractivity contribution in [2.45, 2.75) is 39.2 Å². The molecule has 0 heterocycles. The van der Waals surface area contributed by atoms with Crippen LogP contribution in [0.5, 0.6) is 0 Å². The Balaban J connectivity index is 2.49. The third kappa shape index (κ3) is 3.97. The average Bonchev–Trinajstić information content (AvgIpc) is 2.59. The minimum atomic E-state index is -2.41. The van der Waals surface area contributed by atoms with Crippen LogP contribution in [0.15, 0.2) is 60.7 Å². The van der Waals surface area contributed by atoms with E-state index in [1.54, 1.807) is 0 Å². The summed E-state index contributed by atoms with van der Waals surface area (Å²) in [5.41, 5.74) is 0. The topological polar surface area (TPSA) is 29.5 Å². The first-order chi connectivity index (χ1) is 11.4. The summed E-state index contributed by atoms with van der Waals surface area (Å²) in [7, 11) is -2.41. The molecule has 2 aromatic rings. The molecular formula is C21H30O2Si.